The summed E-state index contributed by atoms with van der Waals surface area (Å²) in [5, 5.41) is 15.1. The highest BCUT2D eigenvalue weighted by Crippen LogP contribution is 2.47. The number of hydrogen-bond acceptors (Lipinski definition) is 8. The summed E-state index contributed by atoms with van der Waals surface area (Å²) in [7, 11) is 0. The van der Waals surface area contributed by atoms with E-state index in [4.69, 9.17) is 10.7 Å². The monoisotopic (exact) mass is 586 g/mol. The van der Waals surface area contributed by atoms with E-state index in [0.29, 0.717) is 29.5 Å². The van der Waals surface area contributed by atoms with Crippen molar-refractivity contribution in [2.45, 2.75) is 69.5 Å². The molecule has 0 spiro atoms. The van der Waals surface area contributed by atoms with E-state index in [-0.39, 0.29) is 42.3 Å². The van der Waals surface area contributed by atoms with Gasteiger partial charge in [0.2, 0.25) is 11.8 Å². The number of rotatable bonds is 10. The van der Waals surface area contributed by atoms with E-state index in [1.54, 1.807) is 13.0 Å². The maximum atomic E-state index is 15.1. The molecule has 2 heterocycles. The number of piperidine rings is 1. The number of hydrogen-bond donors (Lipinski definition) is 3. The molecule has 43 heavy (non-hydrogen) atoms. The van der Waals surface area contributed by atoms with Crippen LogP contribution in [0, 0.1) is 23.1 Å². The van der Waals surface area contributed by atoms with Crippen LogP contribution in [0.1, 0.15) is 66.9 Å². The SMILES string of the molecule is C/C(=C/CN(CC1CC(Nc2cc3c(cc2F)C(=O)N(C2CCC(=O)NC2=O)C3)C1)c1ccc(C2(C#N)CC2)cc1)ON. The third-order valence-electron chi connectivity index (χ3n) is 9.22. The molecular formula is C32H35FN6O4. The number of imide groups is 1. The number of amides is 3. The van der Waals surface area contributed by atoms with E-state index in [0.717, 1.165) is 43.5 Å². The summed E-state index contributed by atoms with van der Waals surface area (Å²) in [6, 6.07) is 12.9. The molecule has 2 saturated carbocycles. The van der Waals surface area contributed by atoms with Crippen LogP contribution in [0.4, 0.5) is 15.8 Å². The maximum Gasteiger partial charge on any atom is 0.255 e. The third kappa shape index (κ3) is 5.67. The molecule has 0 aromatic heterocycles. The van der Waals surface area contributed by atoms with Gasteiger partial charge in [-0.25, -0.2) is 4.39 Å². The molecule has 10 nitrogen and oxygen atoms in total. The van der Waals surface area contributed by atoms with Crippen LogP contribution in [0.3, 0.4) is 0 Å². The zero-order chi connectivity index (χ0) is 30.3. The van der Waals surface area contributed by atoms with Crippen LogP contribution in [-0.2, 0) is 26.4 Å². The Morgan fingerprint density at radius 2 is 2.00 bits per heavy atom. The minimum Gasteiger partial charge on any atom is -0.417 e. The number of carbonyl (C=O) groups excluding carboxylic acids is 3. The highest BCUT2D eigenvalue weighted by molar-refractivity contribution is 6.05. The Bertz CT molecular complexity index is 1520. The fourth-order valence-corrected chi connectivity index (χ4v) is 6.39. The maximum absolute atomic E-state index is 15.1. The fourth-order valence-electron chi connectivity index (χ4n) is 6.39. The van der Waals surface area contributed by atoms with Gasteiger partial charge in [-0.2, -0.15) is 11.2 Å². The van der Waals surface area contributed by atoms with E-state index in [2.05, 4.69) is 33.7 Å². The average Bonchev–Trinajstić information content (AvgIpc) is 3.73. The number of anilines is 2. The summed E-state index contributed by atoms with van der Waals surface area (Å²) < 4.78 is 15.1. The summed E-state index contributed by atoms with van der Waals surface area (Å²) >= 11 is 0. The number of nitrogens with zero attached hydrogens (tertiary/aromatic N) is 3. The summed E-state index contributed by atoms with van der Waals surface area (Å²) in [5.41, 5.74) is 3.04. The number of fused-ring (bicyclic) bond motifs is 1. The van der Waals surface area contributed by atoms with Crippen LogP contribution in [0.2, 0.25) is 0 Å². The van der Waals surface area contributed by atoms with E-state index < -0.39 is 23.7 Å². The molecule has 2 aliphatic heterocycles. The molecule has 2 aromatic rings. The summed E-state index contributed by atoms with van der Waals surface area (Å²) in [6.07, 6.45) is 5.86. The second-order valence-electron chi connectivity index (χ2n) is 12.1. The topological polar surface area (TPSA) is 141 Å². The first-order valence-electron chi connectivity index (χ1n) is 14.7. The Kier molecular flexibility index (Phi) is 7.56. The van der Waals surface area contributed by atoms with Crippen molar-refractivity contribution in [2.75, 3.05) is 23.3 Å². The molecule has 3 fully saturated rings. The highest BCUT2D eigenvalue weighted by Gasteiger charge is 2.45. The van der Waals surface area contributed by atoms with Gasteiger partial charge in [-0.15, -0.1) is 0 Å². The molecule has 11 heteroatoms. The van der Waals surface area contributed by atoms with Gasteiger partial charge in [-0.05, 0) is 86.4 Å². The third-order valence-corrected chi connectivity index (χ3v) is 9.22. The Morgan fingerprint density at radius 1 is 1.26 bits per heavy atom. The van der Waals surface area contributed by atoms with Crippen LogP contribution in [0.5, 0.6) is 0 Å². The number of benzene rings is 2. The van der Waals surface area contributed by atoms with Crippen molar-refractivity contribution in [1.29, 1.82) is 5.26 Å². The van der Waals surface area contributed by atoms with Crippen molar-refractivity contribution in [3.8, 4) is 6.07 Å². The number of nitriles is 1. The van der Waals surface area contributed by atoms with Crippen LogP contribution in [-0.4, -0.2) is 47.8 Å². The van der Waals surface area contributed by atoms with Crippen molar-refractivity contribution in [3.05, 3.63) is 70.7 Å². The number of carbonyl (C=O) groups is 3. The Balaban J connectivity index is 1.08. The van der Waals surface area contributed by atoms with Gasteiger partial charge in [0.05, 0.1) is 17.2 Å². The normalized spacial score (nSPS) is 24.0. The Hall–Kier alpha value is -4.43. The van der Waals surface area contributed by atoms with Gasteiger partial charge < -0.3 is 20.0 Å². The molecule has 1 unspecified atom stereocenters. The van der Waals surface area contributed by atoms with Gasteiger partial charge in [0.1, 0.15) is 17.6 Å². The highest BCUT2D eigenvalue weighted by atomic mass is 19.1. The predicted molar refractivity (Wildman–Crippen MR) is 157 cm³/mol. The van der Waals surface area contributed by atoms with Crippen LogP contribution in [0.25, 0.3) is 0 Å². The van der Waals surface area contributed by atoms with Crippen molar-refractivity contribution in [2.24, 2.45) is 11.8 Å². The second kappa shape index (κ2) is 11.3. The molecule has 4 N–H and O–H groups in total. The molecule has 4 aliphatic rings. The summed E-state index contributed by atoms with van der Waals surface area (Å²) in [4.78, 5) is 45.4. The predicted octanol–water partition coefficient (Wildman–Crippen LogP) is 3.63. The van der Waals surface area contributed by atoms with Gasteiger partial charge >= 0.3 is 0 Å². The smallest absolute Gasteiger partial charge is 0.255 e. The molecular weight excluding hydrogens is 551 g/mol. The zero-order valence-electron chi connectivity index (χ0n) is 24.1. The molecule has 6 rings (SSSR count). The fraction of sp³-hybridized carbons (Fsp3) is 0.438. The average molecular weight is 587 g/mol. The van der Waals surface area contributed by atoms with E-state index in [9.17, 15) is 19.6 Å². The van der Waals surface area contributed by atoms with Crippen molar-refractivity contribution < 1.29 is 23.6 Å². The largest absolute Gasteiger partial charge is 0.417 e. The molecule has 3 amide bonds. The van der Waals surface area contributed by atoms with Gasteiger partial charge in [-0.1, -0.05) is 12.1 Å². The number of nitrogens with two attached hydrogens (primary N) is 1. The lowest BCUT2D eigenvalue weighted by molar-refractivity contribution is -0.136. The number of halogens is 1. The van der Waals surface area contributed by atoms with Crippen molar-refractivity contribution in [3.63, 3.8) is 0 Å². The van der Waals surface area contributed by atoms with Crippen molar-refractivity contribution in [1.82, 2.24) is 10.2 Å². The molecule has 1 atom stereocenters. The van der Waals surface area contributed by atoms with Crippen LogP contribution in [0.15, 0.2) is 48.2 Å². The van der Waals surface area contributed by atoms with Gasteiger partial charge in [0, 0.05) is 43.3 Å². The standard InChI is InChI=1S/C32H35FN6O4/c1-19(43-35)8-11-38(24-4-2-22(3-5-24)32(18-34)9-10-32)16-20-12-23(13-20)36-27-14-21-17-39(31(42)25(21)15-26(27)33)28-6-7-29(40)37-30(28)41/h2-5,8,14-15,20,23,28,36H,6-7,9-13,16-17,35H2,1H3,(H,37,40,41)/b19-8-. The minimum absolute atomic E-state index is 0.0834. The van der Waals surface area contributed by atoms with Gasteiger partial charge in [-0.3, -0.25) is 19.7 Å². The Labute approximate surface area is 249 Å². The lowest BCUT2D eigenvalue weighted by Crippen LogP contribution is -2.52. The first-order chi connectivity index (χ1) is 20.7. The molecule has 2 aliphatic carbocycles. The van der Waals surface area contributed by atoms with E-state index in [1.807, 2.05) is 18.2 Å². The van der Waals surface area contributed by atoms with E-state index in [1.165, 1.54) is 11.0 Å². The zero-order valence-corrected chi connectivity index (χ0v) is 24.1. The first-order valence-corrected chi connectivity index (χ1v) is 14.7. The molecule has 0 bridgehead atoms. The molecule has 1 saturated heterocycles. The summed E-state index contributed by atoms with van der Waals surface area (Å²) in [6.45, 7) is 3.40. The number of allylic oxidation sites excluding steroid dienone is 1. The first kappa shape index (κ1) is 28.7. The lowest BCUT2D eigenvalue weighted by Gasteiger charge is -2.40. The van der Waals surface area contributed by atoms with Crippen molar-refractivity contribution >= 4 is 29.1 Å². The number of nitrogens with one attached hydrogen (secondary N) is 2. The lowest BCUT2D eigenvalue weighted by atomic mass is 9.79. The molecule has 224 valence electrons. The van der Waals surface area contributed by atoms with Gasteiger partial charge in [0.15, 0.2) is 0 Å². The van der Waals surface area contributed by atoms with E-state index >= 15 is 4.39 Å². The molecule has 2 aromatic carbocycles. The minimum atomic E-state index is -0.736. The van der Waals surface area contributed by atoms with Crippen LogP contribution < -0.4 is 21.4 Å². The summed E-state index contributed by atoms with van der Waals surface area (Å²) in [5.74, 6) is 4.59. The molecule has 0 radical (unpaired) electrons. The second-order valence-corrected chi connectivity index (χ2v) is 12.1. The quantitative estimate of drug-likeness (QED) is 0.218. The van der Waals surface area contributed by atoms with Crippen LogP contribution >= 0.6 is 0 Å². The Morgan fingerprint density at radius 3 is 2.65 bits per heavy atom. The van der Waals surface area contributed by atoms with Gasteiger partial charge in [0.25, 0.3) is 5.91 Å².